The molecule has 3 unspecified atom stereocenters. The SMILES string of the molecule is COc1cc(OC)c(C(Br)C2CCCC2C)c(OC)c1. The van der Waals surface area contributed by atoms with Gasteiger partial charge in [-0.15, -0.1) is 0 Å². The van der Waals surface area contributed by atoms with Crippen molar-refractivity contribution in [3.05, 3.63) is 17.7 Å². The van der Waals surface area contributed by atoms with Crippen LogP contribution in [-0.4, -0.2) is 21.3 Å². The first-order valence-electron chi connectivity index (χ1n) is 7.06. The van der Waals surface area contributed by atoms with Gasteiger partial charge in [0, 0.05) is 17.0 Å². The molecule has 3 nitrogen and oxygen atoms in total. The van der Waals surface area contributed by atoms with E-state index in [1.54, 1.807) is 21.3 Å². The minimum atomic E-state index is 0.246. The third kappa shape index (κ3) is 2.90. The van der Waals surface area contributed by atoms with Gasteiger partial charge in [-0.25, -0.2) is 0 Å². The summed E-state index contributed by atoms with van der Waals surface area (Å²) >= 11 is 3.88. The minimum absolute atomic E-state index is 0.246. The first-order chi connectivity index (χ1) is 9.62. The van der Waals surface area contributed by atoms with E-state index in [1.165, 1.54) is 19.3 Å². The second kappa shape index (κ2) is 6.70. The van der Waals surface area contributed by atoms with Crippen molar-refractivity contribution in [2.45, 2.75) is 31.0 Å². The maximum Gasteiger partial charge on any atom is 0.130 e. The van der Waals surface area contributed by atoms with E-state index in [4.69, 9.17) is 14.2 Å². The predicted octanol–water partition coefficient (Wildman–Crippen LogP) is 4.58. The Labute approximate surface area is 129 Å². The molecule has 1 aromatic carbocycles. The van der Waals surface area contributed by atoms with Crippen LogP contribution < -0.4 is 14.2 Å². The van der Waals surface area contributed by atoms with Gasteiger partial charge in [0.1, 0.15) is 17.2 Å². The first kappa shape index (κ1) is 15.5. The zero-order chi connectivity index (χ0) is 14.7. The Hall–Kier alpha value is -0.900. The quantitative estimate of drug-likeness (QED) is 0.732. The Bertz CT molecular complexity index is 436. The van der Waals surface area contributed by atoms with E-state index in [0.717, 1.165) is 28.7 Å². The molecular weight excluding hydrogens is 320 g/mol. The highest BCUT2D eigenvalue weighted by atomic mass is 79.9. The Morgan fingerprint density at radius 2 is 1.65 bits per heavy atom. The van der Waals surface area contributed by atoms with Crippen molar-refractivity contribution < 1.29 is 14.2 Å². The van der Waals surface area contributed by atoms with E-state index in [1.807, 2.05) is 12.1 Å². The summed E-state index contributed by atoms with van der Waals surface area (Å²) in [6, 6.07) is 3.84. The largest absolute Gasteiger partial charge is 0.496 e. The van der Waals surface area contributed by atoms with Crippen LogP contribution in [0.25, 0.3) is 0 Å². The predicted molar refractivity (Wildman–Crippen MR) is 84.3 cm³/mol. The summed E-state index contributed by atoms with van der Waals surface area (Å²) in [5.41, 5.74) is 1.09. The van der Waals surface area contributed by atoms with Gasteiger partial charge in [-0.05, 0) is 18.3 Å². The third-order valence-corrected chi connectivity index (χ3v) is 5.47. The van der Waals surface area contributed by atoms with Crippen molar-refractivity contribution in [2.75, 3.05) is 21.3 Å². The summed E-state index contributed by atoms with van der Waals surface area (Å²) in [5, 5.41) is 0. The molecule has 0 aliphatic heterocycles. The second-order valence-electron chi connectivity index (χ2n) is 5.42. The summed E-state index contributed by atoms with van der Waals surface area (Å²) in [5.74, 6) is 3.73. The fourth-order valence-electron chi connectivity index (χ4n) is 3.13. The fourth-order valence-corrected chi connectivity index (χ4v) is 4.36. The Balaban J connectivity index is 2.42. The Morgan fingerprint density at radius 3 is 2.05 bits per heavy atom. The zero-order valence-electron chi connectivity index (χ0n) is 12.6. The number of hydrogen-bond acceptors (Lipinski definition) is 3. The molecule has 0 radical (unpaired) electrons. The Morgan fingerprint density at radius 1 is 1.05 bits per heavy atom. The van der Waals surface area contributed by atoms with Crippen molar-refractivity contribution in [1.29, 1.82) is 0 Å². The van der Waals surface area contributed by atoms with Gasteiger partial charge in [-0.2, -0.15) is 0 Å². The number of hydrogen-bond donors (Lipinski definition) is 0. The smallest absolute Gasteiger partial charge is 0.130 e. The Kier molecular flexibility index (Phi) is 5.19. The average Bonchev–Trinajstić information content (AvgIpc) is 2.91. The van der Waals surface area contributed by atoms with E-state index in [2.05, 4.69) is 22.9 Å². The molecule has 0 bridgehead atoms. The van der Waals surface area contributed by atoms with Crippen LogP contribution in [0, 0.1) is 11.8 Å². The minimum Gasteiger partial charge on any atom is -0.496 e. The molecule has 0 amide bonds. The maximum atomic E-state index is 5.56. The van der Waals surface area contributed by atoms with Crippen LogP contribution in [-0.2, 0) is 0 Å². The van der Waals surface area contributed by atoms with Gasteiger partial charge in [-0.1, -0.05) is 35.7 Å². The van der Waals surface area contributed by atoms with E-state index < -0.39 is 0 Å². The van der Waals surface area contributed by atoms with Gasteiger partial charge in [0.25, 0.3) is 0 Å². The van der Waals surface area contributed by atoms with Crippen molar-refractivity contribution in [3.63, 3.8) is 0 Å². The molecule has 1 aliphatic rings. The molecule has 0 aromatic heterocycles. The molecule has 3 atom stereocenters. The number of alkyl halides is 1. The molecule has 112 valence electrons. The van der Waals surface area contributed by atoms with Crippen LogP contribution in [0.5, 0.6) is 17.2 Å². The van der Waals surface area contributed by atoms with Crippen LogP contribution in [0.3, 0.4) is 0 Å². The number of ether oxygens (including phenoxy) is 3. The number of methoxy groups -OCH3 is 3. The van der Waals surface area contributed by atoms with E-state index >= 15 is 0 Å². The summed E-state index contributed by atoms with van der Waals surface area (Å²) in [6.45, 7) is 2.33. The van der Waals surface area contributed by atoms with Crippen LogP contribution in [0.2, 0.25) is 0 Å². The molecule has 2 rings (SSSR count). The van der Waals surface area contributed by atoms with E-state index in [0.29, 0.717) is 5.92 Å². The standard InChI is InChI=1S/C16H23BrO3/c1-10-6-5-7-12(10)16(17)15-13(19-3)8-11(18-2)9-14(15)20-4/h8-10,12,16H,5-7H2,1-4H3. The molecule has 0 N–H and O–H groups in total. The van der Waals surface area contributed by atoms with Gasteiger partial charge < -0.3 is 14.2 Å². The highest BCUT2D eigenvalue weighted by Crippen LogP contribution is 2.50. The topological polar surface area (TPSA) is 27.7 Å². The molecular formula is C16H23BrO3. The molecule has 1 aromatic rings. The molecule has 1 aliphatic carbocycles. The van der Waals surface area contributed by atoms with Crippen molar-refractivity contribution >= 4 is 15.9 Å². The monoisotopic (exact) mass is 342 g/mol. The summed E-state index contributed by atoms with van der Waals surface area (Å²) in [6.07, 6.45) is 3.84. The molecule has 20 heavy (non-hydrogen) atoms. The lowest BCUT2D eigenvalue weighted by atomic mass is 9.90. The third-order valence-electron chi connectivity index (χ3n) is 4.33. The van der Waals surface area contributed by atoms with Gasteiger partial charge in [0.2, 0.25) is 0 Å². The van der Waals surface area contributed by atoms with Gasteiger partial charge in [0.05, 0.1) is 26.9 Å². The van der Waals surface area contributed by atoms with Gasteiger partial charge >= 0.3 is 0 Å². The summed E-state index contributed by atoms with van der Waals surface area (Å²) in [4.78, 5) is 0.246. The molecule has 1 fully saturated rings. The lowest BCUT2D eigenvalue weighted by Crippen LogP contribution is -2.12. The maximum absolute atomic E-state index is 5.56. The van der Waals surface area contributed by atoms with E-state index in [9.17, 15) is 0 Å². The van der Waals surface area contributed by atoms with Crippen molar-refractivity contribution in [1.82, 2.24) is 0 Å². The fraction of sp³-hybridized carbons (Fsp3) is 0.625. The number of halogens is 1. The molecule has 1 saturated carbocycles. The van der Waals surface area contributed by atoms with Crippen LogP contribution >= 0.6 is 15.9 Å². The normalized spacial score (nSPS) is 23.4. The number of rotatable bonds is 5. The van der Waals surface area contributed by atoms with Gasteiger partial charge in [0.15, 0.2) is 0 Å². The first-order valence-corrected chi connectivity index (χ1v) is 7.97. The highest BCUT2D eigenvalue weighted by molar-refractivity contribution is 9.09. The lowest BCUT2D eigenvalue weighted by molar-refractivity contribution is 0.352. The van der Waals surface area contributed by atoms with E-state index in [-0.39, 0.29) is 4.83 Å². The highest BCUT2D eigenvalue weighted by Gasteiger charge is 2.33. The van der Waals surface area contributed by atoms with Crippen molar-refractivity contribution in [2.24, 2.45) is 11.8 Å². The molecule has 0 spiro atoms. The van der Waals surface area contributed by atoms with Crippen molar-refractivity contribution in [3.8, 4) is 17.2 Å². The van der Waals surface area contributed by atoms with Gasteiger partial charge in [-0.3, -0.25) is 0 Å². The molecule has 0 saturated heterocycles. The molecule has 0 heterocycles. The second-order valence-corrected chi connectivity index (χ2v) is 6.41. The number of benzene rings is 1. The summed E-state index contributed by atoms with van der Waals surface area (Å²) < 4.78 is 16.4. The van der Waals surface area contributed by atoms with Crippen LogP contribution in [0.15, 0.2) is 12.1 Å². The lowest BCUT2D eigenvalue weighted by Gasteiger charge is -2.25. The van der Waals surface area contributed by atoms with Crippen LogP contribution in [0.1, 0.15) is 36.6 Å². The van der Waals surface area contributed by atoms with Crippen LogP contribution in [0.4, 0.5) is 0 Å². The summed E-state index contributed by atoms with van der Waals surface area (Å²) in [7, 11) is 5.03. The average molecular weight is 343 g/mol. The molecule has 4 heteroatoms. The zero-order valence-corrected chi connectivity index (χ0v) is 14.2.